The second-order valence-corrected chi connectivity index (χ2v) is 4.42. The van der Waals surface area contributed by atoms with E-state index in [1.165, 1.54) is 12.1 Å². The fraction of sp³-hybridized carbons (Fsp3) is 0. The maximum Gasteiger partial charge on any atom is 0.270 e. The van der Waals surface area contributed by atoms with Gasteiger partial charge in [-0.1, -0.05) is 12.1 Å². The lowest BCUT2D eigenvalue weighted by Gasteiger charge is -2.07. The SMILES string of the molecule is Nc1ccccc1Oc1ccc2cc([N+](=O)[O-])ccc2n1. The second kappa shape index (κ2) is 5.09. The topological polar surface area (TPSA) is 91.3 Å². The fourth-order valence-electron chi connectivity index (χ4n) is 1.95. The number of nitrogen functional groups attached to an aromatic ring is 1. The lowest BCUT2D eigenvalue weighted by Crippen LogP contribution is -1.94. The predicted molar refractivity (Wildman–Crippen MR) is 79.3 cm³/mol. The van der Waals surface area contributed by atoms with Crippen LogP contribution in [0.4, 0.5) is 11.4 Å². The molecular formula is C15H11N3O3. The minimum atomic E-state index is -0.436. The Bertz CT molecular complexity index is 833. The van der Waals surface area contributed by atoms with Crippen LogP contribution in [0.2, 0.25) is 0 Å². The van der Waals surface area contributed by atoms with Crippen LogP contribution in [-0.4, -0.2) is 9.91 Å². The van der Waals surface area contributed by atoms with Crippen LogP contribution in [0.5, 0.6) is 11.6 Å². The zero-order valence-electron chi connectivity index (χ0n) is 10.9. The predicted octanol–water partition coefficient (Wildman–Crippen LogP) is 3.52. The largest absolute Gasteiger partial charge is 0.437 e. The third-order valence-electron chi connectivity index (χ3n) is 2.99. The van der Waals surface area contributed by atoms with Crippen molar-refractivity contribution in [2.75, 3.05) is 5.73 Å². The first-order chi connectivity index (χ1) is 10.1. The van der Waals surface area contributed by atoms with Gasteiger partial charge < -0.3 is 10.5 Å². The Balaban J connectivity index is 1.96. The van der Waals surface area contributed by atoms with Crippen molar-refractivity contribution in [2.45, 2.75) is 0 Å². The molecule has 0 saturated heterocycles. The van der Waals surface area contributed by atoms with Crippen molar-refractivity contribution in [3.63, 3.8) is 0 Å². The number of nitrogens with two attached hydrogens (primary N) is 1. The molecule has 2 aromatic carbocycles. The van der Waals surface area contributed by atoms with Crippen LogP contribution in [0.1, 0.15) is 0 Å². The van der Waals surface area contributed by atoms with Gasteiger partial charge in [-0.2, -0.15) is 0 Å². The third kappa shape index (κ3) is 2.59. The summed E-state index contributed by atoms with van der Waals surface area (Å²) in [5, 5.41) is 11.4. The van der Waals surface area contributed by atoms with Crippen LogP contribution in [0.3, 0.4) is 0 Å². The number of non-ortho nitro benzene ring substituents is 1. The van der Waals surface area contributed by atoms with Crippen LogP contribution < -0.4 is 10.5 Å². The number of aromatic nitrogens is 1. The number of hydrogen-bond acceptors (Lipinski definition) is 5. The molecule has 0 fully saturated rings. The van der Waals surface area contributed by atoms with Gasteiger partial charge >= 0.3 is 0 Å². The number of nitrogens with zero attached hydrogens (tertiary/aromatic N) is 2. The molecule has 1 heterocycles. The van der Waals surface area contributed by atoms with Crippen LogP contribution in [0.25, 0.3) is 10.9 Å². The van der Waals surface area contributed by atoms with E-state index in [1.807, 2.05) is 12.1 Å². The quantitative estimate of drug-likeness (QED) is 0.450. The minimum absolute atomic E-state index is 0.0327. The Labute approximate surface area is 119 Å². The summed E-state index contributed by atoms with van der Waals surface area (Å²) in [4.78, 5) is 14.6. The smallest absolute Gasteiger partial charge is 0.270 e. The molecule has 0 radical (unpaired) electrons. The van der Waals surface area contributed by atoms with Crippen LogP contribution >= 0.6 is 0 Å². The van der Waals surface area contributed by atoms with Crippen molar-refractivity contribution >= 4 is 22.3 Å². The summed E-state index contributed by atoms with van der Waals surface area (Å²) in [7, 11) is 0. The molecule has 0 amide bonds. The van der Waals surface area contributed by atoms with Gasteiger partial charge in [-0.05, 0) is 24.3 Å². The zero-order chi connectivity index (χ0) is 14.8. The van der Waals surface area contributed by atoms with E-state index in [9.17, 15) is 10.1 Å². The highest BCUT2D eigenvalue weighted by Crippen LogP contribution is 2.28. The van der Waals surface area contributed by atoms with Gasteiger partial charge in [0, 0.05) is 23.6 Å². The number of hydrogen-bond donors (Lipinski definition) is 1. The molecular weight excluding hydrogens is 270 g/mol. The number of ether oxygens (including phenoxy) is 1. The molecule has 3 rings (SSSR count). The number of rotatable bonds is 3. The van der Waals surface area contributed by atoms with Crippen molar-refractivity contribution in [1.29, 1.82) is 0 Å². The maximum atomic E-state index is 10.7. The summed E-state index contributed by atoms with van der Waals surface area (Å²) in [5.41, 5.74) is 6.97. The number of anilines is 1. The minimum Gasteiger partial charge on any atom is -0.437 e. The molecule has 0 spiro atoms. The van der Waals surface area contributed by atoms with E-state index in [1.54, 1.807) is 30.3 Å². The van der Waals surface area contributed by atoms with E-state index in [-0.39, 0.29) is 5.69 Å². The highest BCUT2D eigenvalue weighted by Gasteiger charge is 2.08. The number of nitro groups is 1. The number of nitro benzene ring substituents is 1. The van der Waals surface area contributed by atoms with E-state index in [0.717, 1.165) is 0 Å². The molecule has 0 aliphatic rings. The number of pyridine rings is 1. The van der Waals surface area contributed by atoms with Crippen molar-refractivity contribution < 1.29 is 9.66 Å². The van der Waals surface area contributed by atoms with Crippen molar-refractivity contribution in [3.8, 4) is 11.6 Å². The van der Waals surface area contributed by atoms with E-state index in [4.69, 9.17) is 10.5 Å². The van der Waals surface area contributed by atoms with E-state index >= 15 is 0 Å². The van der Waals surface area contributed by atoms with Gasteiger partial charge in [0.15, 0.2) is 5.75 Å². The molecule has 0 bridgehead atoms. The second-order valence-electron chi connectivity index (χ2n) is 4.42. The summed E-state index contributed by atoms with van der Waals surface area (Å²) in [6.07, 6.45) is 0. The molecule has 3 aromatic rings. The highest BCUT2D eigenvalue weighted by molar-refractivity contribution is 5.81. The molecule has 0 saturated carbocycles. The summed E-state index contributed by atoms with van der Waals surface area (Å²) >= 11 is 0. The summed E-state index contributed by atoms with van der Waals surface area (Å²) in [6.45, 7) is 0. The average Bonchev–Trinajstić information content (AvgIpc) is 2.49. The van der Waals surface area contributed by atoms with Crippen molar-refractivity contribution in [2.24, 2.45) is 0 Å². The van der Waals surface area contributed by atoms with Crippen molar-refractivity contribution in [3.05, 3.63) is 64.7 Å². The molecule has 0 aliphatic carbocycles. The zero-order valence-corrected chi connectivity index (χ0v) is 10.9. The average molecular weight is 281 g/mol. The Morgan fingerprint density at radius 1 is 1.10 bits per heavy atom. The van der Waals surface area contributed by atoms with Crippen LogP contribution in [-0.2, 0) is 0 Å². The number of fused-ring (bicyclic) bond motifs is 1. The maximum absolute atomic E-state index is 10.7. The summed E-state index contributed by atoms with van der Waals surface area (Å²) in [5.74, 6) is 0.903. The third-order valence-corrected chi connectivity index (χ3v) is 2.99. The summed E-state index contributed by atoms with van der Waals surface area (Å²) in [6, 6.07) is 15.0. The molecule has 104 valence electrons. The van der Waals surface area contributed by atoms with Gasteiger partial charge in [0.1, 0.15) is 0 Å². The Morgan fingerprint density at radius 2 is 1.90 bits per heavy atom. The van der Waals surface area contributed by atoms with Crippen molar-refractivity contribution in [1.82, 2.24) is 4.98 Å². The van der Waals surface area contributed by atoms with E-state index < -0.39 is 4.92 Å². The van der Waals surface area contributed by atoms with Gasteiger partial charge in [0.2, 0.25) is 5.88 Å². The first-order valence-corrected chi connectivity index (χ1v) is 6.21. The van der Waals surface area contributed by atoms with E-state index in [0.29, 0.717) is 28.2 Å². The molecule has 0 aliphatic heterocycles. The normalized spacial score (nSPS) is 10.5. The van der Waals surface area contributed by atoms with Gasteiger partial charge in [-0.25, -0.2) is 4.98 Å². The van der Waals surface area contributed by atoms with Crippen LogP contribution in [0, 0.1) is 10.1 Å². The summed E-state index contributed by atoms with van der Waals surface area (Å²) < 4.78 is 5.62. The lowest BCUT2D eigenvalue weighted by molar-refractivity contribution is -0.384. The van der Waals surface area contributed by atoms with Gasteiger partial charge in [-0.3, -0.25) is 10.1 Å². The number of benzene rings is 2. The molecule has 21 heavy (non-hydrogen) atoms. The Kier molecular flexibility index (Phi) is 3.12. The monoisotopic (exact) mass is 281 g/mol. The first kappa shape index (κ1) is 12.9. The van der Waals surface area contributed by atoms with Crippen LogP contribution in [0.15, 0.2) is 54.6 Å². The molecule has 1 aromatic heterocycles. The fourth-order valence-corrected chi connectivity index (χ4v) is 1.95. The molecule has 6 nitrogen and oxygen atoms in total. The first-order valence-electron chi connectivity index (χ1n) is 6.21. The molecule has 6 heteroatoms. The lowest BCUT2D eigenvalue weighted by atomic mass is 10.2. The number of para-hydroxylation sites is 2. The molecule has 0 unspecified atom stereocenters. The Hall–Kier alpha value is -3.15. The van der Waals surface area contributed by atoms with Gasteiger partial charge in [0.05, 0.1) is 16.1 Å². The van der Waals surface area contributed by atoms with Gasteiger partial charge in [-0.15, -0.1) is 0 Å². The standard InChI is InChI=1S/C15H11N3O3/c16-12-3-1-2-4-14(12)21-15-8-5-10-9-11(18(19)20)6-7-13(10)17-15/h1-9H,16H2. The van der Waals surface area contributed by atoms with E-state index in [2.05, 4.69) is 4.98 Å². The molecule has 2 N–H and O–H groups in total. The Morgan fingerprint density at radius 3 is 2.67 bits per heavy atom. The molecule has 0 atom stereocenters. The van der Waals surface area contributed by atoms with Gasteiger partial charge in [0.25, 0.3) is 5.69 Å². The highest BCUT2D eigenvalue weighted by atomic mass is 16.6.